The van der Waals surface area contributed by atoms with E-state index in [0.29, 0.717) is 38.0 Å². The molecule has 3 heterocycles. The first-order valence-corrected chi connectivity index (χ1v) is 11.6. The average molecular weight is 471 g/mol. The highest BCUT2D eigenvalue weighted by atomic mass is 79.9. The third-order valence-corrected chi connectivity index (χ3v) is 5.72. The summed E-state index contributed by atoms with van der Waals surface area (Å²) < 4.78 is 7.34. The van der Waals surface area contributed by atoms with Gasteiger partial charge in [-0.15, -0.1) is 0 Å². The quantitative estimate of drug-likeness (QED) is 0.342. The molecule has 10 heteroatoms. The largest absolute Gasteiger partial charge is 0.378 e. The van der Waals surface area contributed by atoms with Crippen LogP contribution >= 0.6 is 27.7 Å². The zero-order valence-corrected chi connectivity index (χ0v) is 18.8. The zero-order chi connectivity index (χ0) is 19.9. The number of aromatic nitrogens is 4. The second-order valence-electron chi connectivity index (χ2n) is 6.84. The van der Waals surface area contributed by atoms with Gasteiger partial charge in [0.2, 0.25) is 5.91 Å². The maximum Gasteiger partial charge on any atom is 0.220 e. The maximum absolute atomic E-state index is 11.8. The first kappa shape index (κ1) is 21.3. The summed E-state index contributed by atoms with van der Waals surface area (Å²) in [6.07, 6.45) is 3.20. The number of thioether (sulfide) groups is 1. The number of fused-ring (bicyclic) bond motifs is 1. The van der Waals surface area contributed by atoms with E-state index in [2.05, 4.69) is 45.1 Å². The lowest BCUT2D eigenvalue weighted by Crippen LogP contribution is -2.37. The number of ether oxygens (including phenoxy) is 1. The van der Waals surface area contributed by atoms with Gasteiger partial charge in [0.05, 0.1) is 31.3 Å². The van der Waals surface area contributed by atoms with Crippen molar-refractivity contribution in [3.8, 4) is 0 Å². The third-order valence-electron chi connectivity index (χ3n) is 4.29. The molecule has 1 N–H and O–H groups in total. The van der Waals surface area contributed by atoms with E-state index in [9.17, 15) is 4.79 Å². The number of amides is 1. The van der Waals surface area contributed by atoms with Gasteiger partial charge in [0.15, 0.2) is 10.8 Å². The van der Waals surface area contributed by atoms with Gasteiger partial charge in [-0.05, 0) is 6.42 Å². The molecule has 0 atom stereocenters. The van der Waals surface area contributed by atoms with Crippen LogP contribution < -0.4 is 10.2 Å². The minimum atomic E-state index is 0.0654. The highest BCUT2D eigenvalue weighted by Crippen LogP contribution is 2.29. The summed E-state index contributed by atoms with van der Waals surface area (Å²) in [7, 11) is 0. The van der Waals surface area contributed by atoms with Crippen LogP contribution in [0.2, 0.25) is 0 Å². The molecule has 0 spiro atoms. The van der Waals surface area contributed by atoms with Crippen LogP contribution in [0.3, 0.4) is 0 Å². The summed E-state index contributed by atoms with van der Waals surface area (Å²) in [6, 6.07) is 0. The van der Waals surface area contributed by atoms with Crippen molar-refractivity contribution in [2.24, 2.45) is 0 Å². The molecular weight excluding hydrogens is 444 g/mol. The number of anilines is 1. The van der Waals surface area contributed by atoms with Gasteiger partial charge < -0.3 is 15.0 Å². The molecule has 2 aromatic heterocycles. The number of nitrogens with zero attached hydrogens (tertiary/aromatic N) is 5. The molecule has 0 aliphatic carbocycles. The zero-order valence-electron chi connectivity index (χ0n) is 16.4. The lowest BCUT2D eigenvalue weighted by molar-refractivity contribution is -0.121. The van der Waals surface area contributed by atoms with E-state index in [1.165, 1.54) is 0 Å². The molecule has 3 rings (SSSR count). The van der Waals surface area contributed by atoms with Crippen LogP contribution in [0.4, 0.5) is 5.82 Å². The number of hydrogen-bond acceptors (Lipinski definition) is 7. The molecule has 0 bridgehead atoms. The summed E-state index contributed by atoms with van der Waals surface area (Å²) >= 11 is 4.99. The SMILES string of the molecule is CC(C)Sc1nc(N2CCOCC2)c2cnn(CCNC(=O)CCCBr)c2n1. The molecule has 1 aliphatic rings. The first-order valence-electron chi connectivity index (χ1n) is 9.64. The Hall–Kier alpha value is -1.39. The van der Waals surface area contributed by atoms with E-state index in [4.69, 9.17) is 14.7 Å². The van der Waals surface area contributed by atoms with Gasteiger partial charge in [-0.3, -0.25) is 4.79 Å². The molecule has 1 amide bonds. The molecule has 1 saturated heterocycles. The van der Waals surface area contributed by atoms with Gasteiger partial charge in [0.25, 0.3) is 0 Å². The standard InChI is InChI=1S/C18H27BrN6O2S/c1-13(2)28-18-22-16(24-8-10-27-11-9-24)14-12-21-25(17(14)23-18)7-6-20-15(26)4-3-5-19/h12-13H,3-11H2,1-2H3,(H,20,26). The van der Waals surface area contributed by atoms with Gasteiger partial charge in [0.1, 0.15) is 5.82 Å². The number of carbonyl (C=O) groups excluding carboxylic acids is 1. The molecular formula is C18H27BrN6O2S. The van der Waals surface area contributed by atoms with Crippen LogP contribution in [-0.4, -0.2) is 69.1 Å². The number of morpholine rings is 1. The lowest BCUT2D eigenvalue weighted by atomic mass is 10.3. The van der Waals surface area contributed by atoms with Crippen molar-refractivity contribution in [1.82, 2.24) is 25.1 Å². The molecule has 2 aromatic rings. The molecule has 0 unspecified atom stereocenters. The van der Waals surface area contributed by atoms with E-state index in [-0.39, 0.29) is 5.91 Å². The fraction of sp³-hybridized carbons (Fsp3) is 0.667. The highest BCUT2D eigenvalue weighted by Gasteiger charge is 2.20. The Morgan fingerprint density at radius 2 is 2.14 bits per heavy atom. The van der Waals surface area contributed by atoms with Crippen molar-refractivity contribution >= 4 is 50.5 Å². The monoisotopic (exact) mass is 470 g/mol. The molecule has 8 nitrogen and oxygen atoms in total. The maximum atomic E-state index is 11.8. The van der Waals surface area contributed by atoms with Crippen molar-refractivity contribution in [3.05, 3.63) is 6.20 Å². The Morgan fingerprint density at radius 3 is 2.86 bits per heavy atom. The van der Waals surface area contributed by atoms with Gasteiger partial charge >= 0.3 is 0 Å². The minimum absolute atomic E-state index is 0.0654. The predicted molar refractivity (Wildman–Crippen MR) is 115 cm³/mol. The van der Waals surface area contributed by atoms with Crippen LogP contribution in [0, 0.1) is 0 Å². The molecule has 1 aliphatic heterocycles. The first-order chi connectivity index (χ1) is 13.6. The Labute approximate surface area is 177 Å². The van der Waals surface area contributed by atoms with E-state index < -0.39 is 0 Å². The van der Waals surface area contributed by atoms with E-state index in [1.54, 1.807) is 11.8 Å². The Balaban J connectivity index is 1.80. The Morgan fingerprint density at radius 1 is 1.36 bits per heavy atom. The summed E-state index contributed by atoms with van der Waals surface area (Å²) in [5, 5.41) is 10.4. The summed E-state index contributed by atoms with van der Waals surface area (Å²) in [5.74, 6) is 0.986. The second-order valence-corrected chi connectivity index (χ2v) is 9.18. The normalized spacial score (nSPS) is 14.8. The fourth-order valence-corrected chi connectivity index (χ4v) is 3.96. The van der Waals surface area contributed by atoms with Crippen molar-refractivity contribution in [2.45, 2.75) is 43.6 Å². The summed E-state index contributed by atoms with van der Waals surface area (Å²) in [5.41, 5.74) is 0.814. The van der Waals surface area contributed by atoms with Gasteiger partial charge in [0, 0.05) is 36.6 Å². The third kappa shape index (κ3) is 5.57. The average Bonchev–Trinajstić information content (AvgIpc) is 3.09. The van der Waals surface area contributed by atoms with Crippen LogP contribution in [-0.2, 0) is 16.1 Å². The van der Waals surface area contributed by atoms with Crippen LogP contribution in [0.1, 0.15) is 26.7 Å². The lowest BCUT2D eigenvalue weighted by Gasteiger charge is -2.28. The molecule has 1 fully saturated rings. The molecule has 154 valence electrons. The minimum Gasteiger partial charge on any atom is -0.378 e. The Kier molecular flexibility index (Phi) is 7.92. The fourth-order valence-electron chi connectivity index (χ4n) is 2.98. The van der Waals surface area contributed by atoms with Crippen LogP contribution in [0.25, 0.3) is 11.0 Å². The predicted octanol–water partition coefficient (Wildman–Crippen LogP) is 2.45. The molecule has 0 radical (unpaired) electrons. The van der Waals surface area contributed by atoms with Gasteiger partial charge in [-0.1, -0.05) is 41.5 Å². The number of alkyl halides is 1. The van der Waals surface area contributed by atoms with Gasteiger partial charge in [-0.2, -0.15) is 5.10 Å². The Bertz CT molecular complexity index is 794. The van der Waals surface area contributed by atoms with Crippen molar-refractivity contribution in [3.63, 3.8) is 0 Å². The van der Waals surface area contributed by atoms with Gasteiger partial charge in [-0.25, -0.2) is 14.6 Å². The van der Waals surface area contributed by atoms with Crippen LogP contribution in [0.15, 0.2) is 11.4 Å². The number of nitrogens with one attached hydrogen (secondary N) is 1. The highest BCUT2D eigenvalue weighted by molar-refractivity contribution is 9.09. The summed E-state index contributed by atoms with van der Waals surface area (Å²) in [6.45, 7) is 8.40. The number of rotatable bonds is 9. The van der Waals surface area contributed by atoms with Crippen molar-refractivity contribution in [1.29, 1.82) is 0 Å². The molecule has 28 heavy (non-hydrogen) atoms. The van der Waals surface area contributed by atoms with E-state index >= 15 is 0 Å². The van der Waals surface area contributed by atoms with E-state index in [0.717, 1.165) is 46.8 Å². The smallest absolute Gasteiger partial charge is 0.220 e. The topological polar surface area (TPSA) is 85.2 Å². The van der Waals surface area contributed by atoms with Crippen LogP contribution in [0.5, 0.6) is 0 Å². The van der Waals surface area contributed by atoms with Crippen molar-refractivity contribution < 1.29 is 9.53 Å². The van der Waals surface area contributed by atoms with Crippen molar-refractivity contribution in [2.75, 3.05) is 43.1 Å². The molecule has 0 saturated carbocycles. The number of halogens is 1. The summed E-state index contributed by atoms with van der Waals surface area (Å²) in [4.78, 5) is 23.6. The number of carbonyl (C=O) groups is 1. The second kappa shape index (κ2) is 10.4. The van der Waals surface area contributed by atoms with E-state index in [1.807, 2.05) is 10.9 Å². The number of hydrogen-bond donors (Lipinski definition) is 1. The molecule has 0 aromatic carbocycles.